The molecule has 0 saturated carbocycles. The fourth-order valence-corrected chi connectivity index (χ4v) is 4.92. The van der Waals surface area contributed by atoms with Crippen molar-refractivity contribution >= 4 is 38.0 Å². The van der Waals surface area contributed by atoms with E-state index in [0.29, 0.717) is 12.0 Å². The van der Waals surface area contributed by atoms with Gasteiger partial charge in [-0.05, 0) is 42.8 Å². The molecule has 3 rings (SSSR count). The first-order valence-electron chi connectivity index (χ1n) is 7.63. The van der Waals surface area contributed by atoms with Gasteiger partial charge >= 0.3 is 0 Å². The zero-order valence-corrected chi connectivity index (χ0v) is 14.2. The molecule has 1 atom stereocenters. The summed E-state index contributed by atoms with van der Waals surface area (Å²) in [6.07, 6.45) is 2.35. The Bertz CT molecular complexity index is 588. The lowest BCUT2D eigenvalue weighted by atomic mass is 9.97. The number of amides is 1. The van der Waals surface area contributed by atoms with E-state index in [4.69, 9.17) is 0 Å². The van der Waals surface area contributed by atoms with Gasteiger partial charge < -0.3 is 10.2 Å². The van der Waals surface area contributed by atoms with Crippen LogP contribution in [0.2, 0.25) is 0 Å². The summed E-state index contributed by atoms with van der Waals surface area (Å²) in [5, 5.41) is 5.59. The number of fused-ring (bicyclic) bond motifs is 1. The van der Waals surface area contributed by atoms with Crippen LogP contribution in [0.15, 0.2) is 17.5 Å². The third kappa shape index (κ3) is 3.47. The molecule has 2 aromatic rings. The molecular formula is C16H22N2OS2. The molecule has 0 spiro atoms. The van der Waals surface area contributed by atoms with Crippen molar-refractivity contribution in [3.05, 3.63) is 22.4 Å². The van der Waals surface area contributed by atoms with Crippen molar-refractivity contribution in [1.82, 2.24) is 10.2 Å². The molecule has 1 aliphatic heterocycles. The van der Waals surface area contributed by atoms with Gasteiger partial charge in [0.15, 0.2) is 0 Å². The lowest BCUT2D eigenvalue weighted by molar-refractivity contribution is 0.0677. The number of hydrogen-bond donors (Lipinski definition) is 1. The number of nitrogens with zero attached hydrogens (tertiary/aromatic N) is 1. The van der Waals surface area contributed by atoms with Gasteiger partial charge in [0.1, 0.15) is 0 Å². The van der Waals surface area contributed by atoms with E-state index >= 15 is 0 Å². The Kier molecular flexibility index (Phi) is 4.62. The highest BCUT2D eigenvalue weighted by Crippen LogP contribution is 2.31. The minimum absolute atomic E-state index is 0.220. The van der Waals surface area contributed by atoms with Crippen molar-refractivity contribution in [2.24, 2.45) is 5.92 Å². The second kappa shape index (κ2) is 6.46. The number of piperidine rings is 1. The van der Waals surface area contributed by atoms with Crippen LogP contribution in [-0.4, -0.2) is 36.5 Å². The van der Waals surface area contributed by atoms with Crippen LogP contribution in [-0.2, 0) is 0 Å². The second-order valence-corrected chi connectivity index (χ2v) is 8.11. The van der Waals surface area contributed by atoms with Gasteiger partial charge in [-0.2, -0.15) is 0 Å². The summed E-state index contributed by atoms with van der Waals surface area (Å²) in [6.45, 7) is 7.15. The summed E-state index contributed by atoms with van der Waals surface area (Å²) in [4.78, 5) is 15.6. The molecule has 0 bridgehead atoms. The molecule has 1 aliphatic rings. The predicted octanol–water partition coefficient (Wildman–Crippen LogP) is 3.81. The van der Waals surface area contributed by atoms with Gasteiger partial charge in [-0.15, -0.1) is 22.7 Å². The van der Waals surface area contributed by atoms with Crippen LogP contribution < -0.4 is 5.32 Å². The summed E-state index contributed by atoms with van der Waals surface area (Å²) >= 11 is 3.34. The van der Waals surface area contributed by atoms with Crippen molar-refractivity contribution < 1.29 is 4.79 Å². The Morgan fingerprint density at radius 3 is 3.10 bits per heavy atom. The van der Waals surface area contributed by atoms with Gasteiger partial charge in [0, 0.05) is 28.5 Å². The molecule has 0 aromatic carbocycles. The van der Waals surface area contributed by atoms with E-state index in [1.54, 1.807) is 22.7 Å². The summed E-state index contributed by atoms with van der Waals surface area (Å²) in [5.41, 5.74) is 0. The molecule has 1 unspecified atom stereocenters. The average Bonchev–Trinajstić information content (AvgIpc) is 3.06. The molecule has 21 heavy (non-hydrogen) atoms. The van der Waals surface area contributed by atoms with Crippen LogP contribution in [0.4, 0.5) is 0 Å². The summed E-state index contributed by atoms with van der Waals surface area (Å²) in [5.74, 6) is 0.809. The van der Waals surface area contributed by atoms with Crippen molar-refractivity contribution in [1.29, 1.82) is 0 Å². The normalized spacial score (nSPS) is 19.6. The summed E-state index contributed by atoms with van der Waals surface area (Å²) < 4.78 is 2.47. The highest BCUT2D eigenvalue weighted by molar-refractivity contribution is 7.27. The standard InChI is InChI=1S/C16H22N2OS2/c1-11(2)17-9-12-4-3-6-18(10-12)16(19)15-8-14-13(21-15)5-7-20-14/h5,7-8,11-12,17H,3-4,6,9-10H2,1-2H3. The Labute approximate surface area is 134 Å². The van der Waals surface area contributed by atoms with Crippen molar-refractivity contribution in [2.45, 2.75) is 32.7 Å². The molecule has 3 nitrogen and oxygen atoms in total. The van der Waals surface area contributed by atoms with Gasteiger partial charge in [-0.25, -0.2) is 0 Å². The molecule has 114 valence electrons. The first-order valence-corrected chi connectivity index (χ1v) is 9.33. The third-order valence-corrected chi connectivity index (χ3v) is 6.05. The van der Waals surface area contributed by atoms with Gasteiger partial charge in [-0.3, -0.25) is 4.79 Å². The van der Waals surface area contributed by atoms with E-state index in [0.717, 1.165) is 30.9 Å². The molecule has 1 N–H and O–H groups in total. The van der Waals surface area contributed by atoms with E-state index in [2.05, 4.69) is 36.7 Å². The predicted molar refractivity (Wildman–Crippen MR) is 91.5 cm³/mol. The molecule has 0 aliphatic carbocycles. The average molecular weight is 322 g/mol. The molecule has 5 heteroatoms. The smallest absolute Gasteiger partial charge is 0.264 e. The van der Waals surface area contributed by atoms with Gasteiger partial charge in [-0.1, -0.05) is 13.8 Å². The number of rotatable bonds is 4. The second-order valence-electron chi connectivity index (χ2n) is 6.08. The highest BCUT2D eigenvalue weighted by Gasteiger charge is 2.25. The summed E-state index contributed by atoms with van der Waals surface area (Å²) in [6, 6.07) is 4.68. The van der Waals surface area contributed by atoms with E-state index in [9.17, 15) is 4.79 Å². The van der Waals surface area contributed by atoms with Crippen molar-refractivity contribution in [3.8, 4) is 0 Å². The number of hydrogen-bond acceptors (Lipinski definition) is 4. The van der Waals surface area contributed by atoms with E-state index in [1.165, 1.54) is 15.8 Å². The molecule has 3 heterocycles. The van der Waals surface area contributed by atoms with Crippen molar-refractivity contribution in [2.75, 3.05) is 19.6 Å². The van der Waals surface area contributed by atoms with Crippen LogP contribution in [0, 0.1) is 5.92 Å². The fraction of sp³-hybridized carbons (Fsp3) is 0.562. The number of carbonyl (C=O) groups is 1. The lowest BCUT2D eigenvalue weighted by Crippen LogP contribution is -2.43. The van der Waals surface area contributed by atoms with Crippen LogP contribution in [0.5, 0.6) is 0 Å². The number of likely N-dealkylation sites (tertiary alicyclic amines) is 1. The van der Waals surface area contributed by atoms with E-state index in [1.807, 2.05) is 4.90 Å². The zero-order chi connectivity index (χ0) is 14.8. The summed E-state index contributed by atoms with van der Waals surface area (Å²) in [7, 11) is 0. The number of thiophene rings is 2. The first kappa shape index (κ1) is 15.0. The molecule has 1 saturated heterocycles. The minimum Gasteiger partial charge on any atom is -0.338 e. The third-order valence-electron chi connectivity index (χ3n) is 3.97. The van der Waals surface area contributed by atoms with Crippen molar-refractivity contribution in [3.63, 3.8) is 0 Å². The molecule has 0 radical (unpaired) electrons. The van der Waals surface area contributed by atoms with Crippen LogP contribution in [0.3, 0.4) is 0 Å². The zero-order valence-electron chi connectivity index (χ0n) is 12.6. The van der Waals surface area contributed by atoms with Crippen LogP contribution in [0.1, 0.15) is 36.4 Å². The lowest BCUT2D eigenvalue weighted by Gasteiger charge is -2.33. The maximum absolute atomic E-state index is 12.7. The van der Waals surface area contributed by atoms with Gasteiger partial charge in [0.2, 0.25) is 0 Å². The Morgan fingerprint density at radius 1 is 1.48 bits per heavy atom. The Balaban J connectivity index is 1.65. The molecule has 1 fully saturated rings. The highest BCUT2D eigenvalue weighted by atomic mass is 32.1. The molecule has 1 amide bonds. The van der Waals surface area contributed by atoms with Crippen LogP contribution in [0.25, 0.3) is 9.40 Å². The maximum atomic E-state index is 12.7. The molecule has 2 aromatic heterocycles. The maximum Gasteiger partial charge on any atom is 0.264 e. The number of carbonyl (C=O) groups excluding carboxylic acids is 1. The van der Waals surface area contributed by atoms with Gasteiger partial charge in [0.05, 0.1) is 4.88 Å². The monoisotopic (exact) mass is 322 g/mol. The van der Waals surface area contributed by atoms with E-state index < -0.39 is 0 Å². The Morgan fingerprint density at radius 2 is 2.33 bits per heavy atom. The topological polar surface area (TPSA) is 32.3 Å². The first-order chi connectivity index (χ1) is 10.1. The number of nitrogens with one attached hydrogen (secondary N) is 1. The Hall–Kier alpha value is -0.910. The quantitative estimate of drug-likeness (QED) is 0.928. The fourth-order valence-electron chi connectivity index (χ4n) is 2.85. The molecular weight excluding hydrogens is 300 g/mol. The van der Waals surface area contributed by atoms with E-state index in [-0.39, 0.29) is 5.91 Å². The largest absolute Gasteiger partial charge is 0.338 e. The minimum atomic E-state index is 0.220. The van der Waals surface area contributed by atoms with Gasteiger partial charge in [0.25, 0.3) is 5.91 Å². The SMILES string of the molecule is CC(C)NCC1CCCN(C(=O)c2cc3sccc3s2)C1. The van der Waals surface area contributed by atoms with Crippen LogP contribution >= 0.6 is 22.7 Å².